The fourth-order valence-electron chi connectivity index (χ4n) is 1.90. The smallest absolute Gasteiger partial charge is 0.342 e. The molecule has 17 heavy (non-hydrogen) atoms. The molecule has 0 saturated carbocycles. The molecule has 0 fully saturated rings. The monoisotopic (exact) mass is 236 g/mol. The van der Waals surface area contributed by atoms with Gasteiger partial charge in [0.15, 0.2) is 0 Å². The van der Waals surface area contributed by atoms with E-state index in [0.29, 0.717) is 12.0 Å². The number of fused-ring (bicyclic) bond motifs is 1. The second-order valence-corrected chi connectivity index (χ2v) is 3.91. The van der Waals surface area contributed by atoms with Crippen LogP contribution in [0.25, 0.3) is 0 Å². The lowest BCUT2D eigenvalue weighted by Crippen LogP contribution is -2.25. The summed E-state index contributed by atoms with van der Waals surface area (Å²) in [6, 6.07) is 3.09. The molecular formula is C12H12O5. The Morgan fingerprint density at radius 1 is 1.53 bits per heavy atom. The third-order valence-electron chi connectivity index (χ3n) is 2.69. The van der Waals surface area contributed by atoms with Gasteiger partial charge in [-0.15, -0.1) is 0 Å². The molecule has 0 saturated heterocycles. The van der Waals surface area contributed by atoms with Gasteiger partial charge in [0.05, 0.1) is 7.11 Å². The van der Waals surface area contributed by atoms with Crippen LogP contribution >= 0.6 is 0 Å². The highest BCUT2D eigenvalue weighted by Gasteiger charge is 2.29. The summed E-state index contributed by atoms with van der Waals surface area (Å²) in [6.07, 6.45) is 0.300. The van der Waals surface area contributed by atoms with Gasteiger partial charge in [0.2, 0.25) is 0 Å². The minimum absolute atomic E-state index is 0.0299. The molecule has 0 spiro atoms. The topological polar surface area (TPSA) is 72.8 Å². The van der Waals surface area contributed by atoms with Gasteiger partial charge >= 0.3 is 11.9 Å². The summed E-state index contributed by atoms with van der Waals surface area (Å²) in [6.45, 7) is 1.77. The Balaban J connectivity index is 2.55. The van der Waals surface area contributed by atoms with Crippen molar-refractivity contribution in [2.24, 2.45) is 0 Å². The molecule has 1 heterocycles. The van der Waals surface area contributed by atoms with E-state index < -0.39 is 11.9 Å². The average Bonchev–Trinajstić information content (AvgIpc) is 2.27. The Kier molecular flexibility index (Phi) is 2.75. The van der Waals surface area contributed by atoms with E-state index in [1.807, 2.05) is 0 Å². The lowest BCUT2D eigenvalue weighted by atomic mass is 9.96. The Labute approximate surface area is 98.0 Å². The first kappa shape index (κ1) is 11.4. The standard InChI is InChI=1S/C12H12O5/c1-6-5-7-3-4-8(11(14)16-2)10(13)9(7)12(15)17-6/h3-4,6,13H,5H2,1-2H3/t6-/m1/s1. The van der Waals surface area contributed by atoms with Crippen molar-refractivity contribution >= 4 is 11.9 Å². The normalized spacial score (nSPS) is 18.2. The molecule has 1 aromatic rings. The zero-order valence-corrected chi connectivity index (χ0v) is 9.52. The van der Waals surface area contributed by atoms with Crippen molar-refractivity contribution in [1.82, 2.24) is 0 Å². The van der Waals surface area contributed by atoms with Gasteiger partial charge in [-0.25, -0.2) is 9.59 Å². The fraction of sp³-hybridized carbons (Fsp3) is 0.333. The van der Waals surface area contributed by atoms with Crippen molar-refractivity contribution in [3.8, 4) is 5.75 Å². The van der Waals surface area contributed by atoms with E-state index in [1.54, 1.807) is 13.0 Å². The summed E-state index contributed by atoms with van der Waals surface area (Å²) in [5.74, 6) is -1.66. The molecular weight excluding hydrogens is 224 g/mol. The van der Waals surface area contributed by atoms with Crippen molar-refractivity contribution in [3.63, 3.8) is 0 Å². The van der Waals surface area contributed by atoms with E-state index in [9.17, 15) is 14.7 Å². The molecule has 0 amide bonds. The quantitative estimate of drug-likeness (QED) is 0.743. The molecule has 0 radical (unpaired) electrons. The van der Waals surface area contributed by atoms with Crippen LogP contribution in [0, 0.1) is 0 Å². The third kappa shape index (κ3) is 1.84. The van der Waals surface area contributed by atoms with E-state index in [1.165, 1.54) is 13.2 Å². The van der Waals surface area contributed by atoms with Crippen molar-refractivity contribution in [1.29, 1.82) is 0 Å². The highest BCUT2D eigenvalue weighted by atomic mass is 16.5. The first-order valence-electron chi connectivity index (χ1n) is 5.18. The lowest BCUT2D eigenvalue weighted by Gasteiger charge is -2.22. The van der Waals surface area contributed by atoms with Crippen LogP contribution in [0.15, 0.2) is 12.1 Å². The number of aromatic hydroxyl groups is 1. The summed E-state index contributed by atoms with van der Waals surface area (Å²) in [7, 11) is 1.21. The molecule has 1 aliphatic rings. The largest absolute Gasteiger partial charge is 0.506 e. The molecule has 0 bridgehead atoms. The predicted molar refractivity (Wildman–Crippen MR) is 58.0 cm³/mol. The number of phenolic OH excluding ortho intramolecular Hbond substituents is 1. The highest BCUT2D eigenvalue weighted by molar-refractivity contribution is 6.01. The summed E-state index contributed by atoms with van der Waals surface area (Å²) >= 11 is 0. The molecule has 90 valence electrons. The van der Waals surface area contributed by atoms with Gasteiger partial charge in [-0.2, -0.15) is 0 Å². The van der Waals surface area contributed by atoms with E-state index in [0.717, 1.165) is 0 Å². The van der Waals surface area contributed by atoms with Gasteiger partial charge in [-0.1, -0.05) is 6.07 Å². The molecule has 1 atom stereocenters. The molecule has 1 aromatic carbocycles. The maximum absolute atomic E-state index is 11.6. The van der Waals surface area contributed by atoms with Gasteiger partial charge in [-0.05, 0) is 18.6 Å². The molecule has 1 N–H and O–H groups in total. The molecule has 0 unspecified atom stereocenters. The number of methoxy groups -OCH3 is 1. The number of hydrogen-bond donors (Lipinski definition) is 1. The number of phenols is 1. The molecule has 0 aliphatic carbocycles. The molecule has 5 heteroatoms. The summed E-state index contributed by atoms with van der Waals surface area (Å²) in [4.78, 5) is 23.0. The predicted octanol–water partition coefficient (Wildman–Crippen LogP) is 1.28. The Morgan fingerprint density at radius 3 is 2.88 bits per heavy atom. The Morgan fingerprint density at radius 2 is 2.24 bits per heavy atom. The Hall–Kier alpha value is -2.04. The lowest BCUT2D eigenvalue weighted by molar-refractivity contribution is 0.0297. The van der Waals surface area contributed by atoms with Crippen LogP contribution in [0.2, 0.25) is 0 Å². The summed E-state index contributed by atoms with van der Waals surface area (Å²) in [5.41, 5.74) is 0.711. The van der Waals surface area contributed by atoms with E-state index >= 15 is 0 Å². The number of benzene rings is 1. The van der Waals surface area contributed by atoms with Crippen molar-refractivity contribution in [2.75, 3.05) is 7.11 Å². The van der Waals surface area contributed by atoms with Gasteiger partial charge in [0, 0.05) is 6.42 Å². The van der Waals surface area contributed by atoms with Crippen LogP contribution < -0.4 is 0 Å². The van der Waals surface area contributed by atoms with Crippen LogP contribution in [0.4, 0.5) is 0 Å². The first-order valence-corrected chi connectivity index (χ1v) is 5.18. The van der Waals surface area contributed by atoms with Crippen LogP contribution in [-0.4, -0.2) is 30.3 Å². The van der Waals surface area contributed by atoms with E-state index in [2.05, 4.69) is 4.74 Å². The van der Waals surface area contributed by atoms with Crippen LogP contribution in [0.1, 0.15) is 33.2 Å². The number of rotatable bonds is 1. The molecule has 1 aliphatic heterocycles. The maximum Gasteiger partial charge on any atom is 0.342 e. The molecule has 0 aromatic heterocycles. The van der Waals surface area contributed by atoms with Crippen LogP contribution in [0.3, 0.4) is 0 Å². The number of cyclic esters (lactones) is 1. The number of ether oxygens (including phenoxy) is 2. The van der Waals surface area contributed by atoms with Gasteiger partial charge < -0.3 is 14.6 Å². The minimum Gasteiger partial charge on any atom is -0.506 e. The highest BCUT2D eigenvalue weighted by Crippen LogP contribution is 2.31. The summed E-state index contributed by atoms with van der Waals surface area (Å²) < 4.78 is 9.52. The number of carbonyl (C=O) groups is 2. The van der Waals surface area contributed by atoms with Crippen LogP contribution in [-0.2, 0) is 15.9 Å². The fourth-order valence-corrected chi connectivity index (χ4v) is 1.90. The third-order valence-corrected chi connectivity index (χ3v) is 2.69. The zero-order chi connectivity index (χ0) is 12.6. The van der Waals surface area contributed by atoms with E-state index in [4.69, 9.17) is 4.74 Å². The number of hydrogen-bond acceptors (Lipinski definition) is 5. The van der Waals surface area contributed by atoms with Crippen molar-refractivity contribution < 1.29 is 24.2 Å². The second kappa shape index (κ2) is 4.08. The van der Waals surface area contributed by atoms with E-state index in [-0.39, 0.29) is 23.0 Å². The second-order valence-electron chi connectivity index (χ2n) is 3.91. The number of carbonyl (C=O) groups excluding carboxylic acids is 2. The van der Waals surface area contributed by atoms with Crippen LogP contribution in [0.5, 0.6) is 5.75 Å². The van der Waals surface area contributed by atoms with Gasteiger partial charge in [-0.3, -0.25) is 0 Å². The van der Waals surface area contributed by atoms with Gasteiger partial charge in [0.25, 0.3) is 0 Å². The van der Waals surface area contributed by atoms with Crippen molar-refractivity contribution in [3.05, 3.63) is 28.8 Å². The zero-order valence-electron chi connectivity index (χ0n) is 9.52. The average molecular weight is 236 g/mol. The first-order chi connectivity index (χ1) is 8.04. The van der Waals surface area contributed by atoms with Crippen molar-refractivity contribution in [2.45, 2.75) is 19.4 Å². The van der Waals surface area contributed by atoms with Gasteiger partial charge in [0.1, 0.15) is 23.0 Å². The molecule has 5 nitrogen and oxygen atoms in total. The summed E-state index contributed by atoms with van der Waals surface area (Å²) in [5, 5.41) is 9.89. The number of esters is 2. The minimum atomic E-state index is -0.684. The SMILES string of the molecule is COC(=O)c1ccc2c(c1O)C(=O)O[C@H](C)C2. The Bertz CT molecular complexity index is 492. The molecule has 2 rings (SSSR count). The maximum atomic E-state index is 11.6.